The summed E-state index contributed by atoms with van der Waals surface area (Å²) in [6.07, 6.45) is 3.00. The third-order valence-corrected chi connectivity index (χ3v) is 6.19. The zero-order valence-corrected chi connectivity index (χ0v) is 20.6. The first-order valence-corrected chi connectivity index (χ1v) is 11.9. The number of hydrogen-bond acceptors (Lipinski definition) is 5. The van der Waals surface area contributed by atoms with Gasteiger partial charge in [-0.25, -0.2) is 0 Å². The molecule has 4 aromatic rings. The molecular weight excluding hydrogens is 440 g/mol. The Balaban J connectivity index is 0.00000342. The minimum absolute atomic E-state index is 0. The molecule has 0 unspecified atom stereocenters. The molecule has 0 atom stereocenters. The third kappa shape index (κ3) is 5.11. The number of H-pyrrole nitrogens is 1. The Hall–Kier alpha value is -3.54. The lowest BCUT2D eigenvalue weighted by atomic mass is 9.95. The van der Waals surface area contributed by atoms with Crippen LogP contribution < -0.4 is 19.8 Å². The lowest BCUT2D eigenvalue weighted by Gasteiger charge is -2.16. The summed E-state index contributed by atoms with van der Waals surface area (Å²) >= 11 is 0. The molecule has 0 saturated heterocycles. The van der Waals surface area contributed by atoms with Gasteiger partial charge in [-0.2, -0.15) is 0 Å². The molecule has 0 amide bonds. The van der Waals surface area contributed by atoms with Gasteiger partial charge in [-0.1, -0.05) is 27.7 Å². The quantitative estimate of drug-likeness (QED) is 0.310. The van der Waals surface area contributed by atoms with Gasteiger partial charge < -0.3 is 19.2 Å². The van der Waals surface area contributed by atoms with E-state index in [2.05, 4.69) is 18.0 Å². The van der Waals surface area contributed by atoms with E-state index in [0.717, 1.165) is 57.2 Å². The molecule has 0 aliphatic carbocycles. The molecule has 0 aliphatic rings. The van der Waals surface area contributed by atoms with Crippen molar-refractivity contribution in [2.75, 3.05) is 20.8 Å². The van der Waals surface area contributed by atoms with Gasteiger partial charge in [0.05, 0.1) is 26.3 Å². The van der Waals surface area contributed by atoms with Crippen LogP contribution in [0.2, 0.25) is 0 Å². The average molecular weight is 477 g/mol. The summed E-state index contributed by atoms with van der Waals surface area (Å²) in [7, 11) is 3.23. The van der Waals surface area contributed by atoms with Gasteiger partial charge in [0.25, 0.3) is 5.56 Å². The van der Waals surface area contributed by atoms with Crippen molar-refractivity contribution < 1.29 is 14.2 Å². The average Bonchev–Trinajstić information content (AvgIpc) is 2.85. The van der Waals surface area contributed by atoms with Crippen molar-refractivity contribution in [1.82, 2.24) is 9.97 Å². The Morgan fingerprint density at radius 3 is 2.29 bits per heavy atom. The molecule has 35 heavy (non-hydrogen) atoms. The van der Waals surface area contributed by atoms with Crippen molar-refractivity contribution in [3.05, 3.63) is 69.3 Å². The van der Waals surface area contributed by atoms with E-state index in [1.165, 1.54) is 0 Å². The number of benzene rings is 2. The first-order chi connectivity index (χ1) is 16.5. The maximum atomic E-state index is 13.3. The maximum absolute atomic E-state index is 13.3. The molecule has 0 saturated carbocycles. The highest BCUT2D eigenvalue weighted by Gasteiger charge is 2.17. The fourth-order valence-corrected chi connectivity index (χ4v) is 4.53. The number of aromatic amines is 1. The summed E-state index contributed by atoms with van der Waals surface area (Å²) in [5.41, 5.74) is 4.51. The normalized spacial score (nSPS) is 10.9. The minimum Gasteiger partial charge on any atom is -0.494 e. The molecule has 2 aromatic carbocycles. The van der Waals surface area contributed by atoms with E-state index in [1.54, 1.807) is 14.2 Å². The smallest absolute Gasteiger partial charge is 0.252 e. The van der Waals surface area contributed by atoms with Gasteiger partial charge in [-0.15, -0.1) is 0 Å². The minimum atomic E-state index is -0.0813. The Morgan fingerprint density at radius 1 is 0.943 bits per heavy atom. The highest BCUT2D eigenvalue weighted by molar-refractivity contribution is 5.91. The summed E-state index contributed by atoms with van der Waals surface area (Å²) < 4.78 is 16.8. The first kappa shape index (κ1) is 26.1. The molecule has 0 fully saturated rings. The summed E-state index contributed by atoms with van der Waals surface area (Å²) in [6, 6.07) is 12.0. The standard InChI is InChI=1S/C28H32N2O4.CH4/c1-6-9-24-18(12-17-13-19(34-8-3)10-11-25(17)29-24)14-22-20-15-26(32-4)27(33-5)16-21(20)23(7-2)30-28(22)31;/h10-13,15-16H,6-9,14H2,1-5H3,(H,30,31);1H4. The molecule has 4 rings (SSSR count). The molecular formula is C29H36N2O4. The van der Waals surface area contributed by atoms with Crippen molar-refractivity contribution in [3.63, 3.8) is 0 Å². The van der Waals surface area contributed by atoms with Crippen molar-refractivity contribution in [1.29, 1.82) is 0 Å². The van der Waals surface area contributed by atoms with Crippen molar-refractivity contribution >= 4 is 21.7 Å². The van der Waals surface area contributed by atoms with Crippen LogP contribution in [0.3, 0.4) is 0 Å². The Morgan fingerprint density at radius 2 is 1.66 bits per heavy atom. The van der Waals surface area contributed by atoms with Crippen LogP contribution in [0.25, 0.3) is 21.7 Å². The predicted octanol–water partition coefficient (Wildman–Crippen LogP) is 6.23. The second-order valence-corrected chi connectivity index (χ2v) is 8.33. The van der Waals surface area contributed by atoms with Crippen molar-refractivity contribution in [2.24, 2.45) is 0 Å². The number of aryl methyl sites for hydroxylation is 2. The van der Waals surface area contributed by atoms with Gasteiger partial charge in [0, 0.05) is 34.1 Å². The molecule has 0 aliphatic heterocycles. The molecule has 186 valence electrons. The summed E-state index contributed by atoms with van der Waals surface area (Å²) in [4.78, 5) is 21.3. The second kappa shape index (κ2) is 11.3. The van der Waals surface area contributed by atoms with Crippen LogP contribution in [-0.4, -0.2) is 30.8 Å². The monoisotopic (exact) mass is 476 g/mol. The lowest BCUT2D eigenvalue weighted by Crippen LogP contribution is -2.17. The van der Waals surface area contributed by atoms with Crippen molar-refractivity contribution in [2.45, 2.75) is 53.9 Å². The van der Waals surface area contributed by atoms with Crippen LogP contribution in [-0.2, 0) is 19.3 Å². The number of hydrogen-bond donors (Lipinski definition) is 1. The summed E-state index contributed by atoms with van der Waals surface area (Å²) in [5, 5.41) is 2.86. The Labute approximate surface area is 207 Å². The SMILES string of the molecule is C.CCCc1nc2ccc(OCC)cc2cc1Cc1c(=O)[nH]c(CC)c2cc(OC)c(OC)cc12. The number of fused-ring (bicyclic) bond motifs is 2. The van der Waals surface area contributed by atoms with Crippen LogP contribution in [0.5, 0.6) is 17.2 Å². The van der Waals surface area contributed by atoms with Crippen LogP contribution in [0.15, 0.2) is 41.2 Å². The second-order valence-electron chi connectivity index (χ2n) is 8.33. The number of ether oxygens (including phenoxy) is 3. The fraction of sp³-hybridized carbons (Fsp3) is 0.379. The van der Waals surface area contributed by atoms with E-state index in [-0.39, 0.29) is 13.0 Å². The van der Waals surface area contributed by atoms with E-state index >= 15 is 0 Å². The summed E-state index contributed by atoms with van der Waals surface area (Å²) in [6.45, 7) is 6.75. The molecule has 0 spiro atoms. The predicted molar refractivity (Wildman–Crippen MR) is 143 cm³/mol. The number of rotatable bonds is 9. The number of pyridine rings is 2. The lowest BCUT2D eigenvalue weighted by molar-refractivity contribution is 0.340. The van der Waals surface area contributed by atoms with Gasteiger partial charge in [0.1, 0.15) is 5.75 Å². The molecule has 6 nitrogen and oxygen atoms in total. The third-order valence-electron chi connectivity index (χ3n) is 6.19. The molecule has 0 radical (unpaired) electrons. The van der Waals surface area contributed by atoms with Gasteiger partial charge >= 0.3 is 0 Å². The molecule has 2 aromatic heterocycles. The van der Waals surface area contributed by atoms with E-state index in [9.17, 15) is 4.79 Å². The van der Waals surface area contributed by atoms with E-state index in [1.807, 2.05) is 44.2 Å². The van der Waals surface area contributed by atoms with E-state index < -0.39 is 0 Å². The Kier molecular flexibility index (Phi) is 8.39. The van der Waals surface area contributed by atoms with Crippen LogP contribution >= 0.6 is 0 Å². The topological polar surface area (TPSA) is 73.4 Å². The highest BCUT2D eigenvalue weighted by Crippen LogP contribution is 2.35. The van der Waals surface area contributed by atoms with E-state index in [0.29, 0.717) is 36.5 Å². The molecule has 2 heterocycles. The van der Waals surface area contributed by atoms with Gasteiger partial charge in [0.15, 0.2) is 11.5 Å². The van der Waals surface area contributed by atoms with Crippen LogP contribution in [0, 0.1) is 0 Å². The highest BCUT2D eigenvalue weighted by atomic mass is 16.5. The summed E-state index contributed by atoms with van der Waals surface area (Å²) in [5.74, 6) is 2.07. The number of methoxy groups -OCH3 is 2. The van der Waals surface area contributed by atoms with Gasteiger partial charge in [-0.05, 0) is 67.1 Å². The fourth-order valence-electron chi connectivity index (χ4n) is 4.53. The molecule has 0 bridgehead atoms. The largest absolute Gasteiger partial charge is 0.494 e. The van der Waals surface area contributed by atoms with Crippen molar-refractivity contribution in [3.8, 4) is 17.2 Å². The number of nitrogens with zero attached hydrogens (tertiary/aromatic N) is 1. The number of nitrogens with one attached hydrogen (secondary N) is 1. The molecule has 1 N–H and O–H groups in total. The van der Waals surface area contributed by atoms with Crippen LogP contribution in [0.4, 0.5) is 0 Å². The molecule has 6 heteroatoms. The van der Waals surface area contributed by atoms with Crippen LogP contribution in [0.1, 0.15) is 57.1 Å². The zero-order valence-electron chi connectivity index (χ0n) is 20.6. The maximum Gasteiger partial charge on any atom is 0.252 e. The zero-order chi connectivity index (χ0) is 24.2. The number of aromatic nitrogens is 2. The van der Waals surface area contributed by atoms with Gasteiger partial charge in [-0.3, -0.25) is 9.78 Å². The van der Waals surface area contributed by atoms with Gasteiger partial charge in [0.2, 0.25) is 0 Å². The Bertz CT molecular complexity index is 1390. The first-order valence-electron chi connectivity index (χ1n) is 11.9. The van der Waals surface area contributed by atoms with E-state index in [4.69, 9.17) is 19.2 Å².